The Kier molecular flexibility index (Phi) is 5.85. The second-order valence-corrected chi connectivity index (χ2v) is 5.02. The Morgan fingerprint density at radius 2 is 1.54 bits per heavy atom. The lowest BCUT2D eigenvalue weighted by Gasteiger charge is -2.41. The van der Waals surface area contributed by atoms with Gasteiger partial charge in [0.15, 0.2) is 17.3 Å². The van der Waals surface area contributed by atoms with Gasteiger partial charge in [-0.3, -0.25) is 4.79 Å². The topological polar surface area (TPSA) is 63.2 Å². The monoisotopic (exact) mass is 336 g/mol. The van der Waals surface area contributed by atoms with Crippen molar-refractivity contribution in [2.24, 2.45) is 0 Å². The molecule has 1 aromatic carbocycles. The van der Waals surface area contributed by atoms with E-state index in [1.807, 2.05) is 20.8 Å². The molecule has 132 valence electrons. The molecule has 6 nitrogen and oxygen atoms in total. The molecule has 24 heavy (non-hydrogen) atoms. The van der Waals surface area contributed by atoms with Crippen molar-refractivity contribution in [3.8, 4) is 11.5 Å². The molecule has 1 aliphatic rings. The normalized spacial score (nSPS) is 16.0. The van der Waals surface area contributed by atoms with Crippen LogP contribution in [0.5, 0.6) is 11.5 Å². The van der Waals surface area contributed by atoms with Gasteiger partial charge in [-0.2, -0.15) is 0 Å². The first-order valence-corrected chi connectivity index (χ1v) is 8.02. The molecule has 0 unspecified atom stereocenters. The first-order chi connectivity index (χ1) is 11.6. The molecule has 0 saturated heterocycles. The smallest absolute Gasteiger partial charge is 0.294 e. The van der Waals surface area contributed by atoms with Gasteiger partial charge >= 0.3 is 0 Å². The zero-order valence-corrected chi connectivity index (χ0v) is 14.8. The lowest BCUT2D eigenvalue weighted by molar-refractivity contribution is -0.225. The Bertz CT molecular complexity index is 628. The van der Waals surface area contributed by atoms with Gasteiger partial charge in [-0.15, -0.1) is 0 Å². The average Bonchev–Trinajstić information content (AvgIpc) is 2.60. The molecule has 0 aromatic heterocycles. The quantitative estimate of drug-likeness (QED) is 0.646. The van der Waals surface area contributed by atoms with Crippen molar-refractivity contribution < 1.29 is 28.5 Å². The highest BCUT2D eigenvalue weighted by Crippen LogP contribution is 2.46. The van der Waals surface area contributed by atoms with Crippen LogP contribution in [0.3, 0.4) is 0 Å². The molecule has 0 spiro atoms. The Labute approximate surface area is 142 Å². The summed E-state index contributed by atoms with van der Waals surface area (Å²) in [5.74, 6) is -0.154. The molecule has 0 amide bonds. The van der Waals surface area contributed by atoms with Crippen molar-refractivity contribution >= 4 is 11.4 Å². The molecule has 0 atom stereocenters. The van der Waals surface area contributed by atoms with Gasteiger partial charge in [0.1, 0.15) is 0 Å². The summed E-state index contributed by atoms with van der Waals surface area (Å²) in [6, 6.07) is 5.28. The number of carbonyl (C=O) groups excluding carboxylic acids is 1. The van der Waals surface area contributed by atoms with Crippen molar-refractivity contribution in [2.75, 3.05) is 34.0 Å². The largest absolute Gasteiger partial charge is 0.493 e. The minimum Gasteiger partial charge on any atom is -0.493 e. The third kappa shape index (κ3) is 2.87. The van der Waals surface area contributed by atoms with Gasteiger partial charge in [0.25, 0.3) is 5.79 Å². The van der Waals surface area contributed by atoms with Crippen LogP contribution in [-0.2, 0) is 19.0 Å². The summed E-state index contributed by atoms with van der Waals surface area (Å²) >= 11 is 0. The van der Waals surface area contributed by atoms with Crippen molar-refractivity contribution in [1.29, 1.82) is 0 Å². The van der Waals surface area contributed by atoms with Crippen LogP contribution in [0.15, 0.2) is 24.0 Å². The molecular weight excluding hydrogens is 312 g/mol. The van der Waals surface area contributed by atoms with E-state index in [1.165, 1.54) is 0 Å². The highest BCUT2D eigenvalue weighted by Gasteiger charge is 2.59. The summed E-state index contributed by atoms with van der Waals surface area (Å²) in [6.45, 7) is 6.55. The summed E-state index contributed by atoms with van der Waals surface area (Å²) in [6.07, 6.45) is 0. The van der Waals surface area contributed by atoms with Crippen molar-refractivity contribution in [3.05, 3.63) is 29.5 Å². The predicted molar refractivity (Wildman–Crippen MR) is 89.1 cm³/mol. The molecule has 0 bridgehead atoms. The van der Waals surface area contributed by atoms with Crippen LogP contribution in [-0.4, -0.2) is 45.6 Å². The van der Waals surface area contributed by atoms with Gasteiger partial charge in [-0.05, 0) is 38.5 Å². The van der Waals surface area contributed by atoms with E-state index in [0.717, 1.165) is 0 Å². The number of hydrogen-bond donors (Lipinski definition) is 0. The first-order valence-electron chi connectivity index (χ1n) is 8.02. The number of Topliss-reactive ketones (excluding diaryl/α,β-unsaturated/α-hetero) is 1. The highest BCUT2D eigenvalue weighted by molar-refractivity contribution is 6.33. The van der Waals surface area contributed by atoms with Gasteiger partial charge in [0.05, 0.1) is 26.4 Å². The number of carbonyl (C=O) groups is 1. The summed E-state index contributed by atoms with van der Waals surface area (Å²) in [4.78, 5) is 12.8. The number of ketones is 1. The van der Waals surface area contributed by atoms with E-state index < -0.39 is 5.79 Å². The van der Waals surface area contributed by atoms with Crippen LogP contribution >= 0.6 is 0 Å². The Balaban J connectivity index is 2.53. The number of rotatable bonds is 9. The van der Waals surface area contributed by atoms with Crippen molar-refractivity contribution in [3.63, 3.8) is 0 Å². The second kappa shape index (κ2) is 7.68. The average molecular weight is 336 g/mol. The fourth-order valence-electron chi connectivity index (χ4n) is 2.75. The minimum absolute atomic E-state index is 0.248. The fraction of sp³-hybridized carbons (Fsp3) is 0.500. The van der Waals surface area contributed by atoms with Crippen molar-refractivity contribution in [1.82, 2.24) is 0 Å². The van der Waals surface area contributed by atoms with Crippen LogP contribution in [0.2, 0.25) is 0 Å². The van der Waals surface area contributed by atoms with Gasteiger partial charge in [-0.25, -0.2) is 0 Å². The molecule has 0 N–H and O–H groups in total. The first kappa shape index (κ1) is 18.3. The lowest BCUT2D eigenvalue weighted by atomic mass is 9.82. The number of hydrogen-bond acceptors (Lipinski definition) is 6. The highest BCUT2D eigenvalue weighted by atomic mass is 16.7. The number of benzene rings is 1. The van der Waals surface area contributed by atoms with Crippen LogP contribution in [0.4, 0.5) is 0 Å². The third-order valence-corrected chi connectivity index (χ3v) is 3.71. The molecule has 0 radical (unpaired) electrons. The van der Waals surface area contributed by atoms with E-state index in [1.54, 1.807) is 32.4 Å². The summed E-state index contributed by atoms with van der Waals surface area (Å²) in [7, 11) is 3.11. The number of ether oxygens (including phenoxy) is 5. The summed E-state index contributed by atoms with van der Waals surface area (Å²) < 4.78 is 27.5. The van der Waals surface area contributed by atoms with Crippen LogP contribution < -0.4 is 9.47 Å². The minimum atomic E-state index is -1.44. The zero-order valence-electron chi connectivity index (χ0n) is 14.8. The van der Waals surface area contributed by atoms with E-state index in [0.29, 0.717) is 48.2 Å². The van der Waals surface area contributed by atoms with Crippen LogP contribution in [0.25, 0.3) is 5.57 Å². The Hall–Kier alpha value is -2.05. The van der Waals surface area contributed by atoms with E-state index in [4.69, 9.17) is 23.7 Å². The third-order valence-electron chi connectivity index (χ3n) is 3.71. The molecule has 0 fully saturated rings. The van der Waals surface area contributed by atoms with Crippen molar-refractivity contribution in [2.45, 2.75) is 26.6 Å². The molecule has 6 heteroatoms. The number of methoxy groups -OCH3 is 2. The predicted octanol–water partition coefficient (Wildman–Crippen LogP) is 2.80. The molecular formula is C18H24O6. The molecule has 1 aromatic rings. The fourth-order valence-corrected chi connectivity index (χ4v) is 2.75. The van der Waals surface area contributed by atoms with Crippen LogP contribution in [0, 0.1) is 0 Å². The molecule has 2 rings (SSSR count). The Morgan fingerprint density at radius 3 is 2.04 bits per heavy atom. The van der Waals surface area contributed by atoms with Gasteiger partial charge in [-0.1, -0.05) is 6.07 Å². The van der Waals surface area contributed by atoms with E-state index >= 15 is 0 Å². The standard InChI is InChI=1S/C18H24O6/c1-6-22-17-15(16(19)18(17,23-7-2)24-8-3)12-9-10-13(20-4)14(11-12)21-5/h9-11H,6-8H2,1-5H3. The SMILES string of the molecule is CCOC1=C(c2ccc(OC)c(OC)c2)C(=O)C1(OCC)OCC. The van der Waals surface area contributed by atoms with E-state index in [2.05, 4.69) is 0 Å². The van der Waals surface area contributed by atoms with Crippen LogP contribution in [0.1, 0.15) is 26.3 Å². The van der Waals surface area contributed by atoms with Gasteiger partial charge < -0.3 is 23.7 Å². The maximum atomic E-state index is 12.8. The molecule has 0 aliphatic heterocycles. The summed E-state index contributed by atoms with van der Waals surface area (Å²) in [5, 5.41) is 0. The molecule has 0 heterocycles. The lowest BCUT2D eigenvalue weighted by Crippen LogP contribution is -2.55. The maximum Gasteiger partial charge on any atom is 0.294 e. The zero-order chi connectivity index (χ0) is 17.7. The summed E-state index contributed by atoms with van der Waals surface area (Å²) in [5.41, 5.74) is 1.12. The maximum absolute atomic E-state index is 12.8. The van der Waals surface area contributed by atoms with E-state index in [9.17, 15) is 4.79 Å². The molecule has 0 saturated carbocycles. The second-order valence-electron chi connectivity index (χ2n) is 5.02. The van der Waals surface area contributed by atoms with E-state index in [-0.39, 0.29) is 5.78 Å². The van der Waals surface area contributed by atoms with Gasteiger partial charge in [0, 0.05) is 13.2 Å². The molecule has 1 aliphatic carbocycles. The van der Waals surface area contributed by atoms with Gasteiger partial charge in [0.2, 0.25) is 5.78 Å². The Morgan fingerprint density at radius 1 is 0.917 bits per heavy atom.